The van der Waals surface area contributed by atoms with Crippen molar-refractivity contribution in [3.05, 3.63) is 18.2 Å². The van der Waals surface area contributed by atoms with Gasteiger partial charge in [0, 0.05) is 20.2 Å². The van der Waals surface area contributed by atoms with Gasteiger partial charge in [0.25, 0.3) is 0 Å². The van der Waals surface area contributed by atoms with Crippen molar-refractivity contribution in [2.24, 2.45) is 5.73 Å². The monoisotopic (exact) mass is 409 g/mol. The number of benzene rings is 1. The molecule has 26 heavy (non-hydrogen) atoms. The number of hydrogen-bond donors (Lipinski definition) is 2. The van der Waals surface area contributed by atoms with Gasteiger partial charge in [-0.15, -0.1) is 12.4 Å². The van der Waals surface area contributed by atoms with Crippen molar-refractivity contribution >= 4 is 34.0 Å². The van der Waals surface area contributed by atoms with Crippen LogP contribution < -0.4 is 15.8 Å². The Bertz CT molecular complexity index is 680. The van der Waals surface area contributed by atoms with Gasteiger partial charge in [0.1, 0.15) is 11.8 Å². The molecule has 3 N–H and O–H groups in total. The normalized spacial score (nSPS) is 12.4. The fourth-order valence-corrected chi connectivity index (χ4v) is 3.73. The van der Waals surface area contributed by atoms with Crippen LogP contribution in [0.5, 0.6) is 5.75 Å². The van der Waals surface area contributed by atoms with Gasteiger partial charge in [-0.25, -0.2) is 8.42 Å². The zero-order chi connectivity index (χ0) is 19.0. The number of rotatable bonds is 10. The van der Waals surface area contributed by atoms with Gasteiger partial charge >= 0.3 is 0 Å². The highest BCUT2D eigenvalue weighted by atomic mass is 35.5. The van der Waals surface area contributed by atoms with E-state index in [1.165, 1.54) is 29.6 Å². The lowest BCUT2D eigenvalue weighted by molar-refractivity contribution is -0.118. The quantitative estimate of drug-likeness (QED) is 0.605. The van der Waals surface area contributed by atoms with E-state index in [1.807, 2.05) is 0 Å². The second-order valence-corrected chi connectivity index (χ2v) is 7.17. The Labute approximate surface area is 161 Å². The molecule has 8 nitrogen and oxygen atoms in total. The van der Waals surface area contributed by atoms with E-state index in [2.05, 4.69) is 5.32 Å². The minimum Gasteiger partial charge on any atom is -0.492 e. The molecule has 150 valence electrons. The Morgan fingerprint density at radius 3 is 2.38 bits per heavy atom. The lowest BCUT2D eigenvalue weighted by atomic mass is 10.2. The minimum atomic E-state index is -3.65. The molecule has 1 atom stereocenters. The predicted octanol–water partition coefficient (Wildman–Crippen LogP) is 1.45. The van der Waals surface area contributed by atoms with E-state index >= 15 is 0 Å². The zero-order valence-corrected chi connectivity index (χ0v) is 17.2. The largest absolute Gasteiger partial charge is 0.492 e. The third-order valence-corrected chi connectivity index (χ3v) is 5.58. The van der Waals surface area contributed by atoms with Crippen molar-refractivity contribution in [1.82, 2.24) is 4.31 Å². The maximum Gasteiger partial charge on any atom is 0.243 e. The summed E-state index contributed by atoms with van der Waals surface area (Å²) in [5.74, 6) is -0.112. The van der Waals surface area contributed by atoms with Crippen LogP contribution in [0.15, 0.2) is 23.1 Å². The van der Waals surface area contributed by atoms with Gasteiger partial charge in [-0.05, 0) is 25.1 Å². The van der Waals surface area contributed by atoms with Crippen LogP contribution in [0.25, 0.3) is 0 Å². The number of nitrogens with two attached hydrogens (primary N) is 1. The molecule has 1 amide bonds. The van der Waals surface area contributed by atoms with Crippen molar-refractivity contribution < 1.29 is 22.7 Å². The first-order valence-corrected chi connectivity index (χ1v) is 9.58. The van der Waals surface area contributed by atoms with Crippen LogP contribution in [0.3, 0.4) is 0 Å². The summed E-state index contributed by atoms with van der Waals surface area (Å²) >= 11 is 0. The highest BCUT2D eigenvalue weighted by Crippen LogP contribution is 2.29. The fourth-order valence-electron chi connectivity index (χ4n) is 2.24. The minimum absolute atomic E-state index is 0. The van der Waals surface area contributed by atoms with E-state index in [-0.39, 0.29) is 29.6 Å². The van der Waals surface area contributed by atoms with Gasteiger partial charge in [-0.3, -0.25) is 4.79 Å². The molecular weight excluding hydrogens is 382 g/mol. The lowest BCUT2D eigenvalue weighted by Gasteiger charge is -2.20. The Morgan fingerprint density at radius 1 is 1.27 bits per heavy atom. The van der Waals surface area contributed by atoms with E-state index in [1.54, 1.807) is 20.8 Å². The smallest absolute Gasteiger partial charge is 0.243 e. The van der Waals surface area contributed by atoms with Gasteiger partial charge in [0.2, 0.25) is 15.9 Å². The van der Waals surface area contributed by atoms with Crippen LogP contribution in [-0.2, 0) is 19.6 Å². The van der Waals surface area contributed by atoms with E-state index in [0.717, 1.165) is 0 Å². The summed E-state index contributed by atoms with van der Waals surface area (Å²) in [4.78, 5) is 12.2. The van der Waals surface area contributed by atoms with Gasteiger partial charge in [0.15, 0.2) is 0 Å². The predicted molar refractivity (Wildman–Crippen MR) is 103 cm³/mol. The second-order valence-electron chi connectivity index (χ2n) is 5.23. The van der Waals surface area contributed by atoms with Crippen LogP contribution in [0.4, 0.5) is 5.69 Å². The topological polar surface area (TPSA) is 111 Å². The zero-order valence-electron chi connectivity index (χ0n) is 15.5. The average Bonchev–Trinajstić information content (AvgIpc) is 2.57. The summed E-state index contributed by atoms with van der Waals surface area (Å²) in [5.41, 5.74) is 5.97. The molecule has 1 aromatic rings. The number of sulfonamides is 1. The summed E-state index contributed by atoms with van der Waals surface area (Å²) in [6.45, 7) is 6.45. The molecule has 1 unspecified atom stereocenters. The number of halogens is 1. The van der Waals surface area contributed by atoms with Crippen molar-refractivity contribution in [2.75, 3.05) is 38.7 Å². The number of carbonyl (C=O) groups is 1. The second kappa shape index (κ2) is 11.3. The van der Waals surface area contributed by atoms with Crippen molar-refractivity contribution in [2.45, 2.75) is 31.7 Å². The first kappa shape index (κ1) is 24.6. The number of ether oxygens (including phenoxy) is 2. The molecule has 0 bridgehead atoms. The van der Waals surface area contributed by atoms with Crippen molar-refractivity contribution in [3.63, 3.8) is 0 Å². The number of hydrogen-bond acceptors (Lipinski definition) is 6. The van der Waals surface area contributed by atoms with Gasteiger partial charge in [-0.2, -0.15) is 4.31 Å². The number of carbonyl (C=O) groups excluding carboxylic acids is 1. The summed E-state index contributed by atoms with van der Waals surface area (Å²) in [7, 11) is -2.21. The van der Waals surface area contributed by atoms with Gasteiger partial charge < -0.3 is 20.5 Å². The molecule has 0 aromatic heterocycles. The molecule has 0 heterocycles. The standard InChI is InChI=1S/C16H27N3O5S.ClH/c1-5-19(6-2)25(21,22)12-8-9-15(24-7-3)14(10-12)18-16(20)13(17)11-23-4;/h8-10,13H,5-7,11,17H2,1-4H3,(H,18,20);1H. The summed E-state index contributed by atoms with van der Waals surface area (Å²) in [6.07, 6.45) is 0. The highest BCUT2D eigenvalue weighted by molar-refractivity contribution is 7.89. The molecule has 1 rings (SSSR count). The molecule has 0 aliphatic heterocycles. The molecular formula is C16H28ClN3O5S. The summed E-state index contributed by atoms with van der Waals surface area (Å²) in [5, 5.41) is 2.62. The van der Waals surface area contributed by atoms with Crippen LogP contribution in [-0.4, -0.2) is 58.1 Å². The van der Waals surface area contributed by atoms with Crippen molar-refractivity contribution in [1.29, 1.82) is 0 Å². The SMILES string of the molecule is CCOc1ccc(S(=O)(=O)N(CC)CC)cc1NC(=O)C(N)COC.Cl. The Balaban J connectivity index is 0.00000625. The third kappa shape index (κ3) is 6.10. The van der Waals surface area contributed by atoms with Crippen LogP contribution in [0.1, 0.15) is 20.8 Å². The number of nitrogens with zero attached hydrogens (tertiary/aromatic N) is 1. The molecule has 0 fully saturated rings. The molecule has 0 aliphatic carbocycles. The van der Waals surface area contributed by atoms with E-state index in [0.29, 0.717) is 25.4 Å². The molecule has 0 spiro atoms. The van der Waals surface area contributed by atoms with Crippen molar-refractivity contribution in [3.8, 4) is 5.75 Å². The Kier molecular flexibility index (Phi) is 10.7. The van der Waals surface area contributed by atoms with E-state index < -0.39 is 22.0 Å². The number of amides is 1. The average molecular weight is 410 g/mol. The Morgan fingerprint density at radius 2 is 1.88 bits per heavy atom. The maximum absolute atomic E-state index is 12.7. The summed E-state index contributed by atoms with van der Waals surface area (Å²) < 4.78 is 37.0. The third-order valence-electron chi connectivity index (χ3n) is 3.53. The van der Waals surface area contributed by atoms with E-state index in [9.17, 15) is 13.2 Å². The number of methoxy groups -OCH3 is 1. The van der Waals surface area contributed by atoms with Crippen LogP contribution >= 0.6 is 12.4 Å². The lowest BCUT2D eigenvalue weighted by Crippen LogP contribution is -2.39. The molecule has 0 aliphatic rings. The van der Waals surface area contributed by atoms with Crippen LogP contribution in [0, 0.1) is 0 Å². The van der Waals surface area contributed by atoms with E-state index in [4.69, 9.17) is 15.2 Å². The first-order chi connectivity index (χ1) is 11.8. The number of anilines is 1. The van der Waals surface area contributed by atoms with Gasteiger partial charge in [0.05, 0.1) is 23.8 Å². The highest BCUT2D eigenvalue weighted by Gasteiger charge is 2.24. The number of nitrogens with one attached hydrogen (secondary N) is 1. The maximum atomic E-state index is 12.7. The first-order valence-electron chi connectivity index (χ1n) is 8.14. The molecule has 0 radical (unpaired) electrons. The molecule has 10 heteroatoms. The fraction of sp³-hybridized carbons (Fsp3) is 0.562. The molecule has 1 aromatic carbocycles. The molecule has 0 saturated heterocycles. The summed E-state index contributed by atoms with van der Waals surface area (Å²) in [6, 6.07) is 3.50. The molecule has 0 saturated carbocycles. The van der Waals surface area contributed by atoms with Crippen LogP contribution in [0.2, 0.25) is 0 Å². The van der Waals surface area contributed by atoms with Gasteiger partial charge in [-0.1, -0.05) is 13.8 Å². The Hall–Kier alpha value is -1.39.